The number of piperidine rings is 1. The first-order valence-corrected chi connectivity index (χ1v) is 10.9. The van der Waals surface area contributed by atoms with Gasteiger partial charge in [-0.25, -0.2) is 4.79 Å². The maximum Gasteiger partial charge on any atom is 0.409 e. The predicted molar refractivity (Wildman–Crippen MR) is 114 cm³/mol. The minimum Gasteiger partial charge on any atom is -0.450 e. The maximum absolute atomic E-state index is 12.1. The number of benzene rings is 1. The van der Waals surface area contributed by atoms with Gasteiger partial charge in [-0.05, 0) is 63.4 Å². The third-order valence-corrected chi connectivity index (χ3v) is 6.50. The fourth-order valence-corrected chi connectivity index (χ4v) is 4.75. The molecular formula is C23H35N3O3. The average molecular weight is 402 g/mol. The van der Waals surface area contributed by atoms with Crippen LogP contribution in [-0.2, 0) is 21.5 Å². The highest BCUT2D eigenvalue weighted by molar-refractivity contribution is 5.74. The Kier molecular flexibility index (Phi) is 7.17. The molecule has 1 saturated heterocycles. The number of hydrogen-bond donors (Lipinski definition) is 0. The summed E-state index contributed by atoms with van der Waals surface area (Å²) in [6.07, 6.45) is 4.01. The Labute approximate surface area is 174 Å². The summed E-state index contributed by atoms with van der Waals surface area (Å²) in [4.78, 5) is 30.0. The Morgan fingerprint density at radius 3 is 2.59 bits per heavy atom. The molecule has 3 rings (SSSR count). The number of rotatable bonds is 6. The zero-order valence-corrected chi connectivity index (χ0v) is 18.2. The van der Waals surface area contributed by atoms with Crippen LogP contribution in [0.2, 0.25) is 0 Å². The summed E-state index contributed by atoms with van der Waals surface area (Å²) in [5.41, 5.74) is 2.86. The number of unbranched alkanes of at least 4 members (excludes halogenated alkanes) is 1. The van der Waals surface area contributed by atoms with E-state index in [1.807, 2.05) is 11.8 Å². The molecule has 2 amide bonds. The molecule has 1 spiro atoms. The second-order valence-corrected chi connectivity index (χ2v) is 8.48. The summed E-state index contributed by atoms with van der Waals surface area (Å²) >= 11 is 0. The van der Waals surface area contributed by atoms with Crippen molar-refractivity contribution in [3.05, 3.63) is 35.4 Å². The van der Waals surface area contributed by atoms with Crippen molar-refractivity contribution in [2.24, 2.45) is 0 Å². The van der Waals surface area contributed by atoms with E-state index in [1.165, 1.54) is 11.1 Å². The molecule has 2 aliphatic heterocycles. The molecule has 0 aliphatic carbocycles. The lowest BCUT2D eigenvalue weighted by Crippen LogP contribution is -2.53. The van der Waals surface area contributed by atoms with Crippen LogP contribution in [0.4, 0.5) is 4.79 Å². The van der Waals surface area contributed by atoms with Crippen molar-refractivity contribution >= 4 is 12.0 Å². The molecule has 1 aromatic carbocycles. The van der Waals surface area contributed by atoms with Crippen molar-refractivity contribution in [2.45, 2.75) is 51.5 Å². The highest BCUT2D eigenvalue weighted by atomic mass is 16.5. The van der Waals surface area contributed by atoms with E-state index in [9.17, 15) is 9.59 Å². The van der Waals surface area contributed by atoms with E-state index in [1.54, 1.807) is 18.9 Å². The summed E-state index contributed by atoms with van der Waals surface area (Å²) in [6, 6.07) is 8.67. The van der Waals surface area contributed by atoms with Crippen LogP contribution in [0.15, 0.2) is 24.3 Å². The van der Waals surface area contributed by atoms with Crippen molar-refractivity contribution in [2.75, 3.05) is 46.4 Å². The van der Waals surface area contributed by atoms with Crippen LogP contribution < -0.4 is 0 Å². The first-order chi connectivity index (χ1) is 13.9. The molecule has 6 heteroatoms. The molecule has 0 radical (unpaired) electrons. The van der Waals surface area contributed by atoms with Gasteiger partial charge in [0, 0.05) is 39.0 Å². The van der Waals surface area contributed by atoms with Gasteiger partial charge in [0.25, 0.3) is 0 Å². The van der Waals surface area contributed by atoms with Gasteiger partial charge in [0.2, 0.25) is 5.91 Å². The van der Waals surface area contributed by atoms with Gasteiger partial charge in [0.05, 0.1) is 6.61 Å². The molecule has 2 aliphatic rings. The van der Waals surface area contributed by atoms with E-state index in [2.05, 4.69) is 29.2 Å². The fraction of sp³-hybridized carbons (Fsp3) is 0.652. The average Bonchev–Trinajstić information content (AvgIpc) is 2.72. The number of carbonyl (C=O) groups is 2. The third kappa shape index (κ3) is 5.10. The summed E-state index contributed by atoms with van der Waals surface area (Å²) in [7, 11) is 1.80. The van der Waals surface area contributed by atoms with E-state index < -0.39 is 0 Å². The molecule has 29 heavy (non-hydrogen) atoms. The molecule has 0 saturated carbocycles. The van der Waals surface area contributed by atoms with Gasteiger partial charge in [-0.15, -0.1) is 0 Å². The summed E-state index contributed by atoms with van der Waals surface area (Å²) in [5, 5.41) is 0. The molecule has 0 unspecified atom stereocenters. The number of fused-ring (bicyclic) bond motifs is 2. The number of ether oxygens (including phenoxy) is 1. The molecule has 1 aromatic rings. The van der Waals surface area contributed by atoms with Crippen LogP contribution in [0.1, 0.15) is 50.7 Å². The Morgan fingerprint density at radius 1 is 1.17 bits per heavy atom. The van der Waals surface area contributed by atoms with Crippen LogP contribution in [0.5, 0.6) is 0 Å². The minimum absolute atomic E-state index is 0.0984. The lowest BCUT2D eigenvalue weighted by Gasteiger charge is -2.48. The minimum atomic E-state index is -0.238. The van der Waals surface area contributed by atoms with Gasteiger partial charge in [0.15, 0.2) is 0 Å². The molecule has 6 nitrogen and oxygen atoms in total. The smallest absolute Gasteiger partial charge is 0.409 e. The second-order valence-electron chi connectivity index (χ2n) is 8.48. The maximum atomic E-state index is 12.1. The lowest BCUT2D eigenvalue weighted by atomic mass is 9.69. The molecule has 0 aromatic heterocycles. The molecule has 2 heterocycles. The molecule has 160 valence electrons. The van der Waals surface area contributed by atoms with Crippen molar-refractivity contribution in [3.8, 4) is 0 Å². The number of hydrogen-bond acceptors (Lipinski definition) is 4. The quantitative estimate of drug-likeness (QED) is 0.687. The van der Waals surface area contributed by atoms with Crippen molar-refractivity contribution in [1.82, 2.24) is 14.7 Å². The molecule has 0 atom stereocenters. The summed E-state index contributed by atoms with van der Waals surface area (Å²) in [5.74, 6) is 0.173. The van der Waals surface area contributed by atoms with Gasteiger partial charge in [-0.3, -0.25) is 4.79 Å². The largest absolute Gasteiger partial charge is 0.450 e. The van der Waals surface area contributed by atoms with Gasteiger partial charge in [-0.2, -0.15) is 0 Å². The van der Waals surface area contributed by atoms with Crippen LogP contribution in [0.3, 0.4) is 0 Å². The Balaban J connectivity index is 1.51. The van der Waals surface area contributed by atoms with Crippen LogP contribution in [-0.4, -0.2) is 73.1 Å². The number of amides is 2. The monoisotopic (exact) mass is 401 g/mol. The van der Waals surface area contributed by atoms with E-state index in [4.69, 9.17) is 4.74 Å². The van der Waals surface area contributed by atoms with E-state index >= 15 is 0 Å². The van der Waals surface area contributed by atoms with Crippen molar-refractivity contribution in [1.29, 1.82) is 0 Å². The number of carbonyl (C=O) groups excluding carboxylic acids is 2. The fourth-order valence-electron chi connectivity index (χ4n) is 4.75. The van der Waals surface area contributed by atoms with Crippen LogP contribution in [0.25, 0.3) is 0 Å². The number of nitrogens with zero attached hydrogens (tertiary/aromatic N) is 3. The SMILES string of the molecule is CCOC(=O)N(C)CCCCN1CCC2(CC1)CN(C(C)=O)Cc1ccccc12. The normalized spacial score (nSPS) is 18.4. The highest BCUT2D eigenvalue weighted by Gasteiger charge is 2.42. The Bertz CT molecular complexity index is 713. The van der Waals surface area contributed by atoms with Gasteiger partial charge in [0.1, 0.15) is 0 Å². The van der Waals surface area contributed by atoms with Crippen LogP contribution in [0, 0.1) is 0 Å². The first-order valence-electron chi connectivity index (χ1n) is 10.9. The standard InChI is InChI=1S/C23H35N3O3/c1-4-29-22(28)24(3)13-7-8-14-25-15-11-23(12-16-25)18-26(19(2)27)17-20-9-5-6-10-21(20)23/h5-6,9-10H,4,7-8,11-18H2,1-3H3. The molecular weight excluding hydrogens is 366 g/mol. The van der Waals surface area contributed by atoms with Crippen LogP contribution >= 0.6 is 0 Å². The van der Waals surface area contributed by atoms with Gasteiger partial charge in [-0.1, -0.05) is 24.3 Å². The van der Waals surface area contributed by atoms with E-state index in [0.29, 0.717) is 6.61 Å². The lowest BCUT2D eigenvalue weighted by molar-refractivity contribution is -0.131. The van der Waals surface area contributed by atoms with Crippen molar-refractivity contribution < 1.29 is 14.3 Å². The zero-order chi connectivity index (χ0) is 20.9. The predicted octanol–water partition coefficient (Wildman–Crippen LogP) is 3.25. The molecule has 0 bridgehead atoms. The second kappa shape index (κ2) is 9.61. The highest BCUT2D eigenvalue weighted by Crippen LogP contribution is 2.41. The molecule has 1 fully saturated rings. The number of likely N-dealkylation sites (tertiary alicyclic amines) is 1. The topological polar surface area (TPSA) is 53.1 Å². The van der Waals surface area contributed by atoms with Gasteiger partial charge < -0.3 is 19.4 Å². The summed E-state index contributed by atoms with van der Waals surface area (Å²) in [6.45, 7) is 9.44. The van der Waals surface area contributed by atoms with E-state index in [-0.39, 0.29) is 17.4 Å². The zero-order valence-electron chi connectivity index (χ0n) is 18.2. The Morgan fingerprint density at radius 2 is 1.90 bits per heavy atom. The third-order valence-electron chi connectivity index (χ3n) is 6.50. The van der Waals surface area contributed by atoms with E-state index in [0.717, 1.165) is 65.0 Å². The molecule has 0 N–H and O–H groups in total. The first kappa shape index (κ1) is 21.6. The van der Waals surface area contributed by atoms with Gasteiger partial charge >= 0.3 is 6.09 Å². The van der Waals surface area contributed by atoms with Crippen molar-refractivity contribution in [3.63, 3.8) is 0 Å². The Hall–Kier alpha value is -2.08. The summed E-state index contributed by atoms with van der Waals surface area (Å²) < 4.78 is 5.02.